The number of hydrogen-bond donors (Lipinski definition) is 10. The average Bonchev–Trinajstić information content (AvgIpc) is 2.94. The van der Waals surface area contributed by atoms with Gasteiger partial charge in [0, 0.05) is 0 Å². The molecule has 0 aromatic rings. The summed E-state index contributed by atoms with van der Waals surface area (Å²) in [6.45, 7) is -1.51. The molecule has 0 bridgehead atoms. The monoisotopic (exact) mass is 599 g/mol. The standard InChI is InChI=1S/C4H4O2.5C3H5NO3/c1-2-6-4-3-5-1;5*5-2-4-1-3(6)7/h1-4H;5*2H,1H2,(H,4,5)(H,6,7). The van der Waals surface area contributed by atoms with Crippen molar-refractivity contribution in [1.29, 1.82) is 0 Å². The minimum Gasteiger partial charge on any atom is -0.480 e. The Labute approximate surface area is 230 Å². The molecule has 0 radical (unpaired) electrons. The van der Waals surface area contributed by atoms with Crippen molar-refractivity contribution in [2.24, 2.45) is 0 Å². The second-order valence-electron chi connectivity index (χ2n) is 5.28. The maximum atomic E-state index is 9.54. The van der Waals surface area contributed by atoms with Crippen LogP contribution in [0, 0.1) is 0 Å². The van der Waals surface area contributed by atoms with Gasteiger partial charge in [-0.1, -0.05) is 0 Å². The highest BCUT2D eigenvalue weighted by atomic mass is 16.5. The molecule has 5 amide bonds. The van der Waals surface area contributed by atoms with Crippen LogP contribution in [0.5, 0.6) is 0 Å². The van der Waals surface area contributed by atoms with E-state index in [1.165, 1.54) is 25.0 Å². The first-order valence-electron chi connectivity index (χ1n) is 9.91. The van der Waals surface area contributed by atoms with Crippen molar-refractivity contribution in [3.63, 3.8) is 0 Å². The zero-order valence-electron chi connectivity index (χ0n) is 20.9. The molecule has 0 unspecified atom stereocenters. The van der Waals surface area contributed by atoms with Crippen molar-refractivity contribution in [3.8, 4) is 0 Å². The summed E-state index contributed by atoms with van der Waals surface area (Å²) in [5.41, 5.74) is 0. The van der Waals surface area contributed by atoms with Crippen molar-refractivity contribution in [1.82, 2.24) is 26.6 Å². The van der Waals surface area contributed by atoms with Gasteiger partial charge in [0.2, 0.25) is 32.1 Å². The molecule has 1 aliphatic rings. The van der Waals surface area contributed by atoms with E-state index in [0.29, 0.717) is 32.1 Å². The van der Waals surface area contributed by atoms with Crippen LogP contribution in [0.25, 0.3) is 0 Å². The summed E-state index contributed by atoms with van der Waals surface area (Å²) >= 11 is 0. The molecule has 22 nitrogen and oxygen atoms in total. The average molecular weight is 599 g/mol. The predicted molar refractivity (Wildman–Crippen MR) is 129 cm³/mol. The number of carbonyl (C=O) groups excluding carboxylic acids is 5. The van der Waals surface area contributed by atoms with Crippen molar-refractivity contribution < 1.29 is 83.0 Å². The highest BCUT2D eigenvalue weighted by Gasteiger charge is 1.91. The Hall–Kier alpha value is -6.22. The van der Waals surface area contributed by atoms with E-state index in [1.54, 1.807) is 0 Å². The van der Waals surface area contributed by atoms with Gasteiger partial charge in [0.15, 0.2) is 0 Å². The number of carbonyl (C=O) groups is 10. The van der Waals surface area contributed by atoms with E-state index in [9.17, 15) is 47.9 Å². The Morgan fingerprint density at radius 1 is 0.415 bits per heavy atom. The summed E-state index contributed by atoms with van der Waals surface area (Å²) in [6.07, 6.45) is 7.54. The molecule has 0 aliphatic carbocycles. The van der Waals surface area contributed by atoms with E-state index in [-0.39, 0.29) is 32.7 Å². The molecule has 0 saturated heterocycles. The van der Waals surface area contributed by atoms with Crippen LogP contribution in [0.1, 0.15) is 0 Å². The van der Waals surface area contributed by atoms with Crippen molar-refractivity contribution in [2.75, 3.05) is 32.7 Å². The number of ether oxygens (including phenoxy) is 2. The third kappa shape index (κ3) is 87.2. The van der Waals surface area contributed by atoms with E-state index in [1.807, 2.05) is 26.6 Å². The quantitative estimate of drug-likeness (QED) is 0.0788. The Balaban J connectivity index is -0.000000126. The number of amides is 5. The van der Waals surface area contributed by atoms with Gasteiger partial charge < -0.3 is 61.6 Å². The molecule has 0 aromatic carbocycles. The zero-order chi connectivity index (χ0) is 32.7. The molecule has 0 spiro atoms. The largest absolute Gasteiger partial charge is 0.480 e. The smallest absolute Gasteiger partial charge is 0.322 e. The first-order chi connectivity index (χ1) is 19.4. The molecule has 22 heteroatoms. The molecule has 41 heavy (non-hydrogen) atoms. The molecule has 0 saturated carbocycles. The van der Waals surface area contributed by atoms with E-state index in [4.69, 9.17) is 25.5 Å². The summed E-state index contributed by atoms with van der Waals surface area (Å²) in [4.78, 5) is 94.4. The number of aliphatic carboxylic acids is 5. The number of rotatable bonds is 15. The third-order valence-corrected chi connectivity index (χ3v) is 2.11. The Morgan fingerprint density at radius 2 is 0.561 bits per heavy atom. The highest BCUT2D eigenvalue weighted by Crippen LogP contribution is 1.89. The van der Waals surface area contributed by atoms with Gasteiger partial charge in [-0.05, 0) is 0 Å². The summed E-state index contributed by atoms with van der Waals surface area (Å²) in [5.74, 6) is -5.18. The number of hydrogen-bond acceptors (Lipinski definition) is 12. The maximum Gasteiger partial charge on any atom is 0.322 e. The predicted octanol–water partition coefficient (Wildman–Crippen LogP) is -4.94. The Kier molecular flexibility index (Phi) is 44.7. The van der Waals surface area contributed by atoms with Crippen molar-refractivity contribution in [3.05, 3.63) is 25.0 Å². The molecule has 0 atom stereocenters. The molecule has 232 valence electrons. The Morgan fingerprint density at radius 3 is 0.610 bits per heavy atom. The summed E-state index contributed by atoms with van der Waals surface area (Å²) in [6, 6.07) is 0. The minimum atomic E-state index is -1.04. The van der Waals surface area contributed by atoms with Gasteiger partial charge in [-0.3, -0.25) is 47.9 Å². The lowest BCUT2D eigenvalue weighted by atomic mass is 10.7. The minimum absolute atomic E-state index is 0.302. The van der Waals surface area contributed by atoms with Gasteiger partial charge in [0.25, 0.3) is 0 Å². The summed E-state index contributed by atoms with van der Waals surface area (Å²) < 4.78 is 9.17. The molecule has 0 fully saturated rings. The van der Waals surface area contributed by atoms with Crippen molar-refractivity contribution in [2.45, 2.75) is 0 Å². The first-order valence-corrected chi connectivity index (χ1v) is 9.91. The lowest BCUT2D eigenvalue weighted by molar-refractivity contribution is -0.137. The summed E-state index contributed by atoms with van der Waals surface area (Å²) in [5, 5.41) is 49.0. The van der Waals surface area contributed by atoms with E-state index in [0.717, 1.165) is 0 Å². The van der Waals surface area contributed by atoms with Gasteiger partial charge in [0.05, 0.1) is 0 Å². The van der Waals surface area contributed by atoms with Gasteiger partial charge in [-0.25, -0.2) is 0 Å². The Bertz CT molecular complexity index is 685. The number of nitrogens with one attached hydrogen (secondary N) is 5. The first kappa shape index (κ1) is 44.8. The molecular weight excluding hydrogens is 570 g/mol. The normalized spacial score (nSPS) is 8.68. The zero-order valence-corrected chi connectivity index (χ0v) is 20.9. The van der Waals surface area contributed by atoms with Crippen LogP contribution >= 0.6 is 0 Å². The van der Waals surface area contributed by atoms with Gasteiger partial charge >= 0.3 is 29.8 Å². The van der Waals surface area contributed by atoms with Crippen LogP contribution in [0.3, 0.4) is 0 Å². The number of carboxylic acids is 5. The maximum absolute atomic E-state index is 9.54. The van der Waals surface area contributed by atoms with Crippen LogP contribution in [-0.2, 0) is 57.4 Å². The van der Waals surface area contributed by atoms with E-state index >= 15 is 0 Å². The van der Waals surface area contributed by atoms with Gasteiger partial charge in [-0.2, -0.15) is 0 Å². The highest BCUT2D eigenvalue weighted by molar-refractivity contribution is 5.73. The molecule has 1 heterocycles. The molecule has 0 aromatic heterocycles. The SMILES string of the molecule is C1=COC=CO1.O=CNCC(=O)O.O=CNCC(=O)O.O=CNCC(=O)O.O=CNCC(=O)O.O=CNCC(=O)O. The van der Waals surface area contributed by atoms with Crippen LogP contribution in [-0.4, -0.2) is 120 Å². The van der Waals surface area contributed by atoms with Crippen LogP contribution in [0.4, 0.5) is 0 Å². The van der Waals surface area contributed by atoms with Crippen LogP contribution in [0.15, 0.2) is 25.0 Å². The topological polar surface area (TPSA) is 350 Å². The fraction of sp³-hybridized carbons (Fsp3) is 0.263. The van der Waals surface area contributed by atoms with E-state index < -0.39 is 29.8 Å². The lowest BCUT2D eigenvalue weighted by Crippen LogP contribution is -2.20. The van der Waals surface area contributed by atoms with Gasteiger partial charge in [0.1, 0.15) is 57.8 Å². The third-order valence-electron chi connectivity index (χ3n) is 2.11. The molecular formula is C19H29N5O17. The lowest BCUT2D eigenvalue weighted by Gasteiger charge is -1.94. The second kappa shape index (κ2) is 40.9. The summed E-state index contributed by atoms with van der Waals surface area (Å²) in [7, 11) is 0. The van der Waals surface area contributed by atoms with Crippen LogP contribution < -0.4 is 26.6 Å². The van der Waals surface area contributed by atoms with Crippen LogP contribution in [0.2, 0.25) is 0 Å². The fourth-order valence-corrected chi connectivity index (χ4v) is 0.864. The second-order valence-corrected chi connectivity index (χ2v) is 5.28. The molecule has 1 aliphatic heterocycles. The van der Waals surface area contributed by atoms with E-state index in [2.05, 4.69) is 9.47 Å². The van der Waals surface area contributed by atoms with Gasteiger partial charge in [-0.15, -0.1) is 0 Å². The van der Waals surface area contributed by atoms with Crippen molar-refractivity contribution >= 4 is 61.9 Å². The fourth-order valence-electron chi connectivity index (χ4n) is 0.864. The molecule has 10 N–H and O–H groups in total. The molecule has 1 rings (SSSR count). The number of carboxylic acid groups (broad SMARTS) is 5.